The zero-order chi connectivity index (χ0) is 15.3. The maximum absolute atomic E-state index is 11.7. The topological polar surface area (TPSA) is 137 Å². The Morgan fingerprint density at radius 3 is 2.75 bits per heavy atom. The number of nitro groups is 1. The first-order valence-corrected chi connectivity index (χ1v) is 5.48. The van der Waals surface area contributed by atoms with E-state index in [1.165, 1.54) is 14.0 Å². The lowest BCUT2D eigenvalue weighted by Crippen LogP contribution is -2.56. The van der Waals surface area contributed by atoms with Gasteiger partial charge in [-0.1, -0.05) is 0 Å². The number of aromatic nitrogens is 2. The second-order valence-electron chi connectivity index (χ2n) is 4.27. The molecule has 0 aliphatic heterocycles. The number of hydrogen-bond donors (Lipinski definition) is 2. The van der Waals surface area contributed by atoms with Gasteiger partial charge in [0.1, 0.15) is 18.9 Å². The van der Waals surface area contributed by atoms with E-state index in [0.29, 0.717) is 0 Å². The molecule has 2 N–H and O–H groups in total. The summed E-state index contributed by atoms with van der Waals surface area (Å²) in [6.07, 6.45) is 2.08. The van der Waals surface area contributed by atoms with Crippen molar-refractivity contribution in [1.29, 1.82) is 0 Å². The van der Waals surface area contributed by atoms with Crippen LogP contribution in [0.4, 0.5) is 5.69 Å². The van der Waals surface area contributed by atoms with E-state index in [2.05, 4.69) is 10.4 Å². The summed E-state index contributed by atoms with van der Waals surface area (Å²) in [4.78, 5) is 32.6. The number of carboxylic acid groups (broad SMARTS) is 1. The summed E-state index contributed by atoms with van der Waals surface area (Å²) in [5.41, 5.74) is -1.83. The summed E-state index contributed by atoms with van der Waals surface area (Å²) < 4.78 is 5.79. The van der Waals surface area contributed by atoms with E-state index in [1.807, 2.05) is 0 Å². The minimum atomic E-state index is -1.58. The van der Waals surface area contributed by atoms with Crippen molar-refractivity contribution in [3.63, 3.8) is 0 Å². The predicted octanol–water partition coefficient (Wildman–Crippen LogP) is -0.603. The molecule has 0 aliphatic rings. The maximum atomic E-state index is 11.7. The molecule has 0 fully saturated rings. The summed E-state index contributed by atoms with van der Waals surface area (Å²) >= 11 is 0. The molecule has 0 spiro atoms. The Kier molecular flexibility index (Phi) is 4.75. The number of rotatable bonds is 7. The van der Waals surface area contributed by atoms with Gasteiger partial charge in [0.25, 0.3) is 0 Å². The van der Waals surface area contributed by atoms with Crippen LogP contribution < -0.4 is 5.32 Å². The van der Waals surface area contributed by atoms with E-state index in [1.54, 1.807) is 0 Å². The quantitative estimate of drug-likeness (QED) is 0.504. The molecule has 20 heavy (non-hydrogen) atoms. The molecule has 110 valence electrons. The molecule has 1 rings (SSSR count). The fourth-order valence-electron chi connectivity index (χ4n) is 1.47. The molecule has 1 unspecified atom stereocenters. The first-order chi connectivity index (χ1) is 9.28. The van der Waals surface area contributed by atoms with Crippen LogP contribution in [0.3, 0.4) is 0 Å². The number of carbonyl (C=O) groups excluding carboxylic acids is 1. The van der Waals surface area contributed by atoms with Crippen molar-refractivity contribution < 1.29 is 24.4 Å². The van der Waals surface area contributed by atoms with Gasteiger partial charge in [-0.2, -0.15) is 5.10 Å². The van der Waals surface area contributed by atoms with Crippen LogP contribution in [0.2, 0.25) is 0 Å². The van der Waals surface area contributed by atoms with E-state index in [4.69, 9.17) is 9.84 Å². The molecular weight excluding hydrogens is 272 g/mol. The van der Waals surface area contributed by atoms with E-state index in [-0.39, 0.29) is 18.8 Å². The standard InChI is InChI=1S/C10H14N4O6/c1-10(6-20-2,9(16)17)12-8(15)5-13-4-7(3-11-13)14(18)19/h3-4H,5-6H2,1-2H3,(H,12,15)(H,16,17). The molecule has 1 aromatic heterocycles. The van der Waals surface area contributed by atoms with E-state index < -0.39 is 22.3 Å². The number of aliphatic carboxylic acids is 1. The van der Waals surface area contributed by atoms with Crippen LogP contribution in [0.25, 0.3) is 0 Å². The van der Waals surface area contributed by atoms with Gasteiger partial charge in [-0.05, 0) is 6.92 Å². The Morgan fingerprint density at radius 1 is 1.65 bits per heavy atom. The molecule has 1 heterocycles. The van der Waals surface area contributed by atoms with E-state index >= 15 is 0 Å². The van der Waals surface area contributed by atoms with Gasteiger partial charge < -0.3 is 15.2 Å². The van der Waals surface area contributed by atoms with Gasteiger partial charge in [0.2, 0.25) is 5.91 Å². The van der Waals surface area contributed by atoms with Crippen molar-refractivity contribution in [3.8, 4) is 0 Å². The number of methoxy groups -OCH3 is 1. The van der Waals surface area contributed by atoms with Gasteiger partial charge in [0.05, 0.1) is 11.5 Å². The third-order valence-corrected chi connectivity index (χ3v) is 2.46. The molecule has 10 heteroatoms. The first kappa shape index (κ1) is 15.6. The molecule has 1 aromatic rings. The lowest BCUT2D eigenvalue weighted by molar-refractivity contribution is -0.385. The number of amides is 1. The van der Waals surface area contributed by atoms with Crippen LogP contribution in [0, 0.1) is 10.1 Å². The molecule has 10 nitrogen and oxygen atoms in total. The zero-order valence-electron chi connectivity index (χ0n) is 10.9. The third-order valence-electron chi connectivity index (χ3n) is 2.46. The Morgan fingerprint density at radius 2 is 2.30 bits per heavy atom. The third kappa shape index (κ3) is 3.75. The number of hydrogen-bond acceptors (Lipinski definition) is 6. The molecule has 0 aliphatic carbocycles. The van der Waals surface area contributed by atoms with Crippen molar-refractivity contribution in [1.82, 2.24) is 15.1 Å². The van der Waals surface area contributed by atoms with Crippen LogP contribution in [-0.2, 0) is 20.9 Å². The van der Waals surface area contributed by atoms with Crippen molar-refractivity contribution in [2.75, 3.05) is 13.7 Å². The Hall–Kier alpha value is -2.49. The normalized spacial score (nSPS) is 13.5. The number of carbonyl (C=O) groups is 2. The highest BCUT2D eigenvalue weighted by Gasteiger charge is 2.35. The summed E-state index contributed by atoms with van der Waals surface area (Å²) in [5.74, 6) is -1.90. The van der Waals surface area contributed by atoms with E-state index in [0.717, 1.165) is 17.1 Å². The van der Waals surface area contributed by atoms with Crippen molar-refractivity contribution in [2.45, 2.75) is 19.0 Å². The highest BCUT2D eigenvalue weighted by Crippen LogP contribution is 2.08. The molecule has 0 bridgehead atoms. The predicted molar refractivity (Wildman–Crippen MR) is 64.9 cm³/mol. The minimum Gasteiger partial charge on any atom is -0.479 e. The largest absolute Gasteiger partial charge is 0.479 e. The Bertz CT molecular complexity index is 528. The van der Waals surface area contributed by atoms with Gasteiger partial charge in [-0.15, -0.1) is 0 Å². The lowest BCUT2D eigenvalue weighted by Gasteiger charge is -2.25. The van der Waals surface area contributed by atoms with Gasteiger partial charge in [0.15, 0.2) is 5.54 Å². The molecule has 0 radical (unpaired) electrons. The van der Waals surface area contributed by atoms with Crippen LogP contribution in [0.1, 0.15) is 6.92 Å². The second kappa shape index (κ2) is 6.10. The van der Waals surface area contributed by atoms with E-state index in [9.17, 15) is 19.7 Å². The SMILES string of the molecule is COCC(C)(NC(=O)Cn1cc([N+](=O)[O-])cn1)C(=O)O. The number of ether oxygens (including phenoxy) is 1. The Balaban J connectivity index is 2.70. The first-order valence-electron chi connectivity index (χ1n) is 5.48. The summed E-state index contributed by atoms with van der Waals surface area (Å²) in [5, 5.41) is 25.4. The smallest absolute Gasteiger partial charge is 0.331 e. The number of nitrogens with zero attached hydrogens (tertiary/aromatic N) is 3. The fourth-order valence-corrected chi connectivity index (χ4v) is 1.47. The van der Waals surface area contributed by atoms with Crippen molar-refractivity contribution in [3.05, 3.63) is 22.5 Å². The average Bonchev–Trinajstić information content (AvgIpc) is 2.77. The van der Waals surface area contributed by atoms with Gasteiger partial charge in [0, 0.05) is 7.11 Å². The monoisotopic (exact) mass is 286 g/mol. The maximum Gasteiger partial charge on any atom is 0.331 e. The van der Waals surface area contributed by atoms with Gasteiger partial charge >= 0.3 is 11.7 Å². The summed E-state index contributed by atoms with van der Waals surface area (Å²) in [6.45, 7) is 0.746. The molecule has 1 atom stereocenters. The Labute approximate surface area is 113 Å². The molecule has 1 amide bonds. The average molecular weight is 286 g/mol. The van der Waals surface area contributed by atoms with Crippen LogP contribution in [0.15, 0.2) is 12.4 Å². The molecule has 0 aromatic carbocycles. The zero-order valence-corrected chi connectivity index (χ0v) is 10.9. The van der Waals surface area contributed by atoms with Crippen LogP contribution in [0.5, 0.6) is 0 Å². The second-order valence-corrected chi connectivity index (χ2v) is 4.27. The summed E-state index contributed by atoms with van der Waals surface area (Å²) in [6, 6.07) is 0. The molecular formula is C10H14N4O6. The van der Waals surface area contributed by atoms with Crippen LogP contribution >= 0.6 is 0 Å². The molecule has 0 saturated heterocycles. The highest BCUT2D eigenvalue weighted by atomic mass is 16.6. The van der Waals surface area contributed by atoms with Gasteiger partial charge in [-0.25, -0.2) is 4.79 Å². The van der Waals surface area contributed by atoms with Gasteiger partial charge in [-0.3, -0.25) is 19.6 Å². The number of carboxylic acids is 1. The van der Waals surface area contributed by atoms with Crippen LogP contribution in [-0.4, -0.2) is 50.9 Å². The summed E-state index contributed by atoms with van der Waals surface area (Å²) in [7, 11) is 1.31. The fraction of sp³-hybridized carbons (Fsp3) is 0.500. The minimum absolute atomic E-state index is 0.215. The highest BCUT2D eigenvalue weighted by molar-refractivity contribution is 5.86. The molecule has 0 saturated carbocycles. The van der Waals surface area contributed by atoms with Crippen molar-refractivity contribution in [2.24, 2.45) is 0 Å². The van der Waals surface area contributed by atoms with Crippen molar-refractivity contribution >= 4 is 17.6 Å². The number of nitrogens with one attached hydrogen (secondary N) is 1. The lowest BCUT2D eigenvalue weighted by atomic mass is 10.0.